The summed E-state index contributed by atoms with van der Waals surface area (Å²) in [5.41, 5.74) is 4.46. The molecule has 4 heterocycles. The maximum absolute atomic E-state index is 4.98. The van der Waals surface area contributed by atoms with Gasteiger partial charge in [0.1, 0.15) is 6.17 Å². The minimum absolute atomic E-state index is 0.0477. The lowest BCUT2D eigenvalue weighted by Gasteiger charge is -2.41. The van der Waals surface area contributed by atoms with Crippen LogP contribution in [0.25, 0.3) is 11.0 Å². The molecule has 0 bridgehead atoms. The lowest BCUT2D eigenvalue weighted by Crippen LogP contribution is -2.57. The molecule has 2 aliphatic heterocycles. The number of rotatable bonds is 3. The van der Waals surface area contributed by atoms with Crippen molar-refractivity contribution < 1.29 is 0 Å². The topological polar surface area (TPSA) is 61.6 Å². The van der Waals surface area contributed by atoms with E-state index in [2.05, 4.69) is 73.2 Å². The first-order valence-corrected chi connectivity index (χ1v) is 10.1. The molecule has 0 fully saturated rings. The van der Waals surface area contributed by atoms with Gasteiger partial charge in [0.05, 0.1) is 24.4 Å². The number of benzene rings is 2. The van der Waals surface area contributed by atoms with Crippen LogP contribution in [-0.2, 0) is 6.54 Å². The summed E-state index contributed by atoms with van der Waals surface area (Å²) in [7, 11) is 0. The fraction of sp³-hybridized carbons (Fsp3) is 0.174. The Morgan fingerprint density at radius 1 is 0.967 bits per heavy atom. The van der Waals surface area contributed by atoms with E-state index >= 15 is 0 Å². The molecule has 148 valence electrons. The summed E-state index contributed by atoms with van der Waals surface area (Å²) >= 11 is 0. The lowest BCUT2D eigenvalue weighted by molar-refractivity contribution is 0.263. The Labute approximate surface area is 174 Å². The molecule has 30 heavy (non-hydrogen) atoms. The van der Waals surface area contributed by atoms with E-state index in [9.17, 15) is 0 Å². The Balaban J connectivity index is 1.42. The number of para-hydroxylation sites is 2. The summed E-state index contributed by atoms with van der Waals surface area (Å²) < 4.78 is 2.28. The van der Waals surface area contributed by atoms with Crippen LogP contribution in [0.15, 0.2) is 84.1 Å². The van der Waals surface area contributed by atoms with Gasteiger partial charge >= 0.3 is 0 Å². The van der Waals surface area contributed by atoms with E-state index in [-0.39, 0.29) is 6.17 Å². The molecule has 1 N–H and O–H groups in total. The van der Waals surface area contributed by atoms with Crippen molar-refractivity contribution in [3.8, 4) is 0 Å². The Hall–Kier alpha value is -3.71. The highest BCUT2D eigenvalue weighted by Crippen LogP contribution is 2.33. The molecule has 2 aromatic carbocycles. The molecular weight excluding hydrogens is 374 g/mol. The van der Waals surface area contributed by atoms with Gasteiger partial charge in [0.2, 0.25) is 11.9 Å². The van der Waals surface area contributed by atoms with Crippen molar-refractivity contribution in [1.29, 1.82) is 0 Å². The average molecular weight is 395 g/mol. The van der Waals surface area contributed by atoms with Crippen LogP contribution in [0, 0.1) is 0 Å². The SMILES string of the molecule is c1ccc([C@H]2NC3=NCN(Cc4cccnc4)CN3c3nc4ccccc4n32)cc1. The number of guanidine groups is 1. The normalized spacial score (nSPS) is 18.5. The standard InChI is InChI=1S/C23H21N7/c1-2-8-18(9-3-1)21-27-22-25-15-28(14-17-7-6-12-24-13-17)16-29(22)23-26-19-10-4-5-11-20(19)30(21)23/h1-13,21H,14-16H2,(H,25,27)/t21-/m0/s1. The number of nitrogens with one attached hydrogen (secondary N) is 1. The maximum atomic E-state index is 4.98. The van der Waals surface area contributed by atoms with Crippen LogP contribution in [0.5, 0.6) is 0 Å². The Kier molecular flexibility index (Phi) is 3.99. The highest BCUT2D eigenvalue weighted by molar-refractivity contribution is 5.98. The molecule has 0 radical (unpaired) electrons. The Morgan fingerprint density at radius 3 is 2.70 bits per heavy atom. The first-order valence-electron chi connectivity index (χ1n) is 10.1. The van der Waals surface area contributed by atoms with Crippen LogP contribution < -0.4 is 10.2 Å². The molecule has 0 aliphatic carbocycles. The van der Waals surface area contributed by atoms with Crippen LogP contribution in [0.2, 0.25) is 0 Å². The van der Waals surface area contributed by atoms with E-state index in [1.54, 1.807) is 6.20 Å². The van der Waals surface area contributed by atoms with E-state index in [0.717, 1.165) is 29.5 Å². The second-order valence-corrected chi connectivity index (χ2v) is 7.61. The van der Waals surface area contributed by atoms with Crippen molar-refractivity contribution in [2.24, 2.45) is 4.99 Å². The molecular formula is C23H21N7. The zero-order valence-corrected chi connectivity index (χ0v) is 16.4. The van der Waals surface area contributed by atoms with Crippen LogP contribution >= 0.6 is 0 Å². The highest BCUT2D eigenvalue weighted by atomic mass is 15.5. The van der Waals surface area contributed by atoms with E-state index in [1.165, 1.54) is 11.1 Å². The van der Waals surface area contributed by atoms with Crippen LogP contribution in [0.3, 0.4) is 0 Å². The second-order valence-electron chi connectivity index (χ2n) is 7.61. The van der Waals surface area contributed by atoms with Crippen molar-refractivity contribution in [1.82, 2.24) is 24.8 Å². The van der Waals surface area contributed by atoms with Gasteiger partial charge in [-0.15, -0.1) is 0 Å². The van der Waals surface area contributed by atoms with Crippen molar-refractivity contribution in [3.05, 3.63) is 90.3 Å². The van der Waals surface area contributed by atoms with Gasteiger partial charge in [-0.05, 0) is 29.3 Å². The molecule has 1 atom stereocenters. The van der Waals surface area contributed by atoms with Gasteiger partial charge in [0, 0.05) is 18.9 Å². The molecule has 7 nitrogen and oxygen atoms in total. The van der Waals surface area contributed by atoms with E-state index in [1.807, 2.05) is 24.4 Å². The van der Waals surface area contributed by atoms with Gasteiger partial charge in [0.15, 0.2) is 0 Å². The summed E-state index contributed by atoms with van der Waals surface area (Å²) in [4.78, 5) is 18.5. The molecule has 7 heteroatoms. The molecule has 0 unspecified atom stereocenters. The smallest absolute Gasteiger partial charge is 0.216 e. The Morgan fingerprint density at radius 2 is 1.83 bits per heavy atom. The third kappa shape index (κ3) is 2.83. The van der Waals surface area contributed by atoms with Crippen LogP contribution in [0.1, 0.15) is 17.3 Å². The largest absolute Gasteiger partial charge is 0.331 e. The van der Waals surface area contributed by atoms with Crippen LogP contribution in [0.4, 0.5) is 5.95 Å². The quantitative estimate of drug-likeness (QED) is 0.577. The fourth-order valence-corrected chi connectivity index (χ4v) is 4.23. The third-order valence-corrected chi connectivity index (χ3v) is 5.60. The zero-order valence-electron chi connectivity index (χ0n) is 16.4. The van der Waals surface area contributed by atoms with Crippen molar-refractivity contribution in [2.75, 3.05) is 18.2 Å². The highest BCUT2D eigenvalue weighted by Gasteiger charge is 2.35. The maximum Gasteiger partial charge on any atom is 0.216 e. The number of imidazole rings is 1. The molecule has 6 rings (SSSR count). The number of aromatic nitrogens is 3. The minimum atomic E-state index is -0.0477. The number of anilines is 1. The number of fused-ring (bicyclic) bond motifs is 5. The van der Waals surface area contributed by atoms with E-state index < -0.39 is 0 Å². The summed E-state index contributed by atoms with van der Waals surface area (Å²) in [5, 5.41) is 3.65. The lowest BCUT2D eigenvalue weighted by atomic mass is 10.1. The number of pyridine rings is 1. The van der Waals surface area contributed by atoms with Gasteiger partial charge in [-0.25, -0.2) is 9.98 Å². The fourth-order valence-electron chi connectivity index (χ4n) is 4.23. The summed E-state index contributed by atoms with van der Waals surface area (Å²) in [6.45, 7) is 2.14. The predicted octanol–water partition coefficient (Wildman–Crippen LogP) is 3.17. The number of hydrogen-bond acceptors (Lipinski definition) is 6. The average Bonchev–Trinajstić information content (AvgIpc) is 3.20. The number of hydrogen-bond donors (Lipinski definition) is 1. The monoisotopic (exact) mass is 395 g/mol. The summed E-state index contributed by atoms with van der Waals surface area (Å²) in [6.07, 6.45) is 3.67. The van der Waals surface area contributed by atoms with E-state index in [4.69, 9.17) is 9.98 Å². The second kappa shape index (κ2) is 6.96. The Bertz CT molecular complexity index is 1220. The van der Waals surface area contributed by atoms with Gasteiger partial charge < -0.3 is 5.32 Å². The van der Waals surface area contributed by atoms with Gasteiger partial charge in [-0.2, -0.15) is 0 Å². The first-order chi connectivity index (χ1) is 14.9. The third-order valence-electron chi connectivity index (χ3n) is 5.60. The molecule has 0 spiro atoms. The molecule has 0 saturated heterocycles. The summed E-state index contributed by atoms with van der Waals surface area (Å²) in [6, 6.07) is 22.8. The minimum Gasteiger partial charge on any atom is -0.331 e. The number of nitrogens with zero attached hydrogens (tertiary/aromatic N) is 6. The summed E-state index contributed by atoms with van der Waals surface area (Å²) in [5.74, 6) is 1.78. The molecule has 0 amide bonds. The van der Waals surface area contributed by atoms with Crippen LogP contribution in [-0.4, -0.2) is 38.7 Å². The van der Waals surface area contributed by atoms with Crippen molar-refractivity contribution >= 4 is 22.9 Å². The molecule has 2 aromatic heterocycles. The predicted molar refractivity (Wildman–Crippen MR) is 117 cm³/mol. The molecule has 2 aliphatic rings. The molecule has 0 saturated carbocycles. The number of aliphatic imine (C=N–C) groups is 1. The van der Waals surface area contributed by atoms with Gasteiger partial charge in [0.25, 0.3) is 0 Å². The van der Waals surface area contributed by atoms with E-state index in [0.29, 0.717) is 13.3 Å². The van der Waals surface area contributed by atoms with Crippen molar-refractivity contribution in [2.45, 2.75) is 12.7 Å². The zero-order chi connectivity index (χ0) is 19.9. The van der Waals surface area contributed by atoms with Crippen molar-refractivity contribution in [3.63, 3.8) is 0 Å². The van der Waals surface area contributed by atoms with Gasteiger partial charge in [-0.1, -0.05) is 48.5 Å². The van der Waals surface area contributed by atoms with Gasteiger partial charge in [-0.3, -0.25) is 19.4 Å². The first kappa shape index (κ1) is 17.2. The molecule has 4 aromatic rings.